The fourth-order valence-electron chi connectivity index (χ4n) is 5.17. The Morgan fingerprint density at radius 3 is 0.517 bits per heavy atom. The first-order chi connectivity index (χ1) is 28.9. The molecule has 0 aliphatic rings. The molecule has 0 unspecified atom stereocenters. The van der Waals surface area contributed by atoms with Gasteiger partial charge >= 0.3 is 28.4 Å². The molecule has 0 saturated carbocycles. The molecule has 1 aromatic heterocycles. The van der Waals surface area contributed by atoms with Crippen LogP contribution in [0.1, 0.15) is 51.8 Å². The summed E-state index contributed by atoms with van der Waals surface area (Å²) in [6.07, 6.45) is 0. The molecule has 0 bridgehead atoms. The van der Waals surface area contributed by atoms with E-state index in [-0.39, 0.29) is 51.2 Å². The van der Waals surface area contributed by atoms with Crippen molar-refractivity contribution in [1.29, 1.82) is 0 Å². The predicted octanol–water partition coefficient (Wildman–Crippen LogP) is 0.539. The van der Waals surface area contributed by atoms with E-state index in [1.807, 2.05) is 27.1 Å². The number of hydrogen-bond acceptors (Lipinski definition) is 10. The number of rotatable bonds is 10. The van der Waals surface area contributed by atoms with Crippen LogP contribution in [0.5, 0.6) is 0 Å². The maximum absolute atomic E-state index is 14.6. The van der Waals surface area contributed by atoms with Gasteiger partial charge in [0.15, 0.2) is 0 Å². The quantitative estimate of drug-likeness (QED) is 0.128. The minimum absolute atomic E-state index is 0.170. The summed E-state index contributed by atoms with van der Waals surface area (Å²) < 4.78 is -1.15. The number of carbonyl (C=O) groups is 5. The van der Waals surface area contributed by atoms with Crippen LogP contribution in [0.15, 0.2) is 176 Å². The molecule has 5 N–H and O–H groups in total. The first-order valence-electron chi connectivity index (χ1n) is 17.4. The molecule has 300 valence electrons. The highest BCUT2D eigenvalue weighted by molar-refractivity contribution is 6.02. The monoisotopic (exact) mass is 810 g/mol. The van der Waals surface area contributed by atoms with E-state index in [0.29, 0.717) is 0 Å². The first-order valence-corrected chi connectivity index (χ1v) is 17.4. The van der Waals surface area contributed by atoms with Crippen LogP contribution in [-0.4, -0.2) is 52.9 Å². The fourth-order valence-corrected chi connectivity index (χ4v) is 5.17. The van der Waals surface area contributed by atoms with E-state index < -0.39 is 58.0 Å². The Morgan fingerprint density at radius 1 is 0.250 bits per heavy atom. The summed E-state index contributed by atoms with van der Waals surface area (Å²) >= 11 is 0. The molecule has 0 aliphatic carbocycles. The number of nitrogens with one attached hydrogen (secondary N) is 5. The summed E-state index contributed by atoms with van der Waals surface area (Å²) in [6.45, 7) is 0. The molecule has 5 amide bonds. The number of aromatic nitrogens is 5. The summed E-state index contributed by atoms with van der Waals surface area (Å²) in [6, 6.07) is 34.7. The highest BCUT2D eigenvalue weighted by atomic mass is 16.2. The summed E-state index contributed by atoms with van der Waals surface area (Å²) in [4.78, 5) is 141. The maximum atomic E-state index is 14.6. The Hall–Kier alpha value is -9.20. The lowest BCUT2D eigenvalue weighted by Gasteiger charge is -2.15. The lowest BCUT2D eigenvalue weighted by Crippen LogP contribution is -2.62. The van der Waals surface area contributed by atoms with Gasteiger partial charge < -0.3 is 0 Å². The largest absolute Gasteiger partial charge is 0.375 e. The minimum Gasteiger partial charge on any atom is -0.267 e. The summed E-state index contributed by atoms with van der Waals surface area (Å²) in [7, 11) is 0. The number of benzene rings is 5. The van der Waals surface area contributed by atoms with Gasteiger partial charge in [0, 0.05) is 27.8 Å². The van der Waals surface area contributed by atoms with E-state index in [0.717, 1.165) is 0 Å². The molecule has 0 radical (unpaired) electrons. The van der Waals surface area contributed by atoms with E-state index in [9.17, 15) is 47.9 Å². The molecule has 0 fully saturated rings. The molecule has 0 spiro atoms. The van der Waals surface area contributed by atoms with E-state index in [2.05, 4.69) is 0 Å². The van der Waals surface area contributed by atoms with Gasteiger partial charge in [0.25, 0.3) is 29.5 Å². The Kier molecular flexibility index (Phi) is 12.3. The Balaban J connectivity index is 1.78. The van der Waals surface area contributed by atoms with Gasteiger partial charge in [-0.25, -0.2) is 24.0 Å². The van der Waals surface area contributed by atoms with Crippen molar-refractivity contribution in [3.63, 3.8) is 0 Å². The smallest absolute Gasteiger partial charge is 0.267 e. The molecular formula is C40H30N10O10. The number of carbonyl (C=O) groups excluding carboxylic acids is 5. The second kappa shape index (κ2) is 18.2. The predicted molar refractivity (Wildman–Crippen MR) is 216 cm³/mol. The van der Waals surface area contributed by atoms with Crippen LogP contribution in [0.3, 0.4) is 0 Å². The molecule has 0 atom stereocenters. The third kappa shape index (κ3) is 9.08. The SMILES string of the molecule is O=C(Nn1c(=O)n(NC(=O)c2ccccc2)c(=O)n(NC(=O)c2ccccc2)c(=O)n(NC(=O)c2ccccc2)c(=O)n(NC(=O)c2ccccc2)c1=O)c1ccccc1. The van der Waals surface area contributed by atoms with Crippen molar-refractivity contribution < 1.29 is 24.0 Å². The van der Waals surface area contributed by atoms with Crippen molar-refractivity contribution in [2.75, 3.05) is 27.1 Å². The third-order valence-electron chi connectivity index (χ3n) is 8.16. The van der Waals surface area contributed by atoms with Crippen molar-refractivity contribution in [3.05, 3.63) is 232 Å². The van der Waals surface area contributed by atoms with E-state index in [1.54, 1.807) is 30.3 Å². The number of nitrogens with zero attached hydrogens (tertiary/aromatic N) is 5. The average molecular weight is 811 g/mol. The molecule has 20 heteroatoms. The van der Waals surface area contributed by atoms with Crippen molar-refractivity contribution in [2.45, 2.75) is 0 Å². The van der Waals surface area contributed by atoms with Gasteiger partial charge in [-0.2, -0.15) is 0 Å². The summed E-state index contributed by atoms with van der Waals surface area (Å²) in [5, 5.41) is 0. The highest BCUT2D eigenvalue weighted by Gasteiger charge is 2.23. The average Bonchev–Trinajstić information content (AvgIpc) is 3.29. The van der Waals surface area contributed by atoms with Gasteiger partial charge in [-0.1, -0.05) is 91.0 Å². The standard InChI is InChI=1S/C40H30N10O10/c51-31(26-16-6-1-7-17-26)41-46-36(56)47(42-32(52)27-18-8-2-9-19-27)38(58)49(44-34(54)29-22-12-4-13-23-29)40(60)50(45-35(55)30-24-14-5-15-25-30)39(59)48(37(46)57)43-33(53)28-20-10-3-11-21-28/h1-25H,(H,41,51)(H,42,52)(H,43,53)(H,44,54)(H,45,55). The zero-order valence-electron chi connectivity index (χ0n) is 30.8. The molecule has 5 aromatic carbocycles. The van der Waals surface area contributed by atoms with Crippen LogP contribution in [-0.2, 0) is 0 Å². The van der Waals surface area contributed by atoms with E-state index in [4.69, 9.17) is 0 Å². The van der Waals surface area contributed by atoms with Crippen LogP contribution >= 0.6 is 0 Å². The molecule has 60 heavy (non-hydrogen) atoms. The van der Waals surface area contributed by atoms with Crippen LogP contribution < -0.4 is 55.6 Å². The molecule has 0 saturated heterocycles. The summed E-state index contributed by atoms with van der Waals surface area (Å²) in [5.41, 5.74) is -0.847. The number of amides is 5. The van der Waals surface area contributed by atoms with Gasteiger partial charge in [0.05, 0.1) is 0 Å². The molecular weight excluding hydrogens is 780 g/mol. The highest BCUT2D eigenvalue weighted by Crippen LogP contribution is 2.02. The Labute approximate surface area is 335 Å². The second-order valence-corrected chi connectivity index (χ2v) is 12.1. The Bertz CT molecular complexity index is 2460. The molecule has 6 aromatic rings. The minimum atomic E-state index is -1.96. The van der Waals surface area contributed by atoms with Gasteiger partial charge in [0.1, 0.15) is 0 Å². The van der Waals surface area contributed by atoms with Crippen molar-refractivity contribution in [2.24, 2.45) is 0 Å². The zero-order chi connectivity index (χ0) is 42.8. The number of hydrogen-bond donors (Lipinski definition) is 5. The van der Waals surface area contributed by atoms with Crippen molar-refractivity contribution >= 4 is 29.5 Å². The van der Waals surface area contributed by atoms with E-state index >= 15 is 0 Å². The maximum Gasteiger partial charge on any atom is 0.375 e. The van der Waals surface area contributed by atoms with Gasteiger partial charge in [-0.05, 0) is 60.7 Å². The molecule has 20 nitrogen and oxygen atoms in total. The van der Waals surface area contributed by atoms with Gasteiger partial charge in [0.2, 0.25) is 0 Å². The topological polar surface area (TPSA) is 255 Å². The van der Waals surface area contributed by atoms with Gasteiger partial charge in [-0.15, -0.1) is 23.4 Å². The molecule has 6 rings (SSSR count). The first kappa shape index (κ1) is 40.5. The summed E-state index contributed by atoms with van der Waals surface area (Å²) in [5.74, 6) is -5.98. The van der Waals surface area contributed by atoms with Crippen LogP contribution in [0.4, 0.5) is 0 Å². The fraction of sp³-hybridized carbons (Fsp3) is 0. The lowest BCUT2D eigenvalue weighted by molar-refractivity contribution is 0.0996. The van der Waals surface area contributed by atoms with Crippen LogP contribution in [0.2, 0.25) is 0 Å². The third-order valence-corrected chi connectivity index (χ3v) is 8.16. The second-order valence-electron chi connectivity index (χ2n) is 12.1. The van der Waals surface area contributed by atoms with Crippen molar-refractivity contribution in [1.82, 2.24) is 23.4 Å². The normalized spacial score (nSPS) is 10.3. The zero-order valence-corrected chi connectivity index (χ0v) is 30.8. The van der Waals surface area contributed by atoms with Crippen LogP contribution in [0.25, 0.3) is 0 Å². The van der Waals surface area contributed by atoms with E-state index in [1.165, 1.54) is 121 Å². The molecule has 0 aliphatic heterocycles. The Morgan fingerprint density at radius 2 is 0.383 bits per heavy atom. The van der Waals surface area contributed by atoms with Gasteiger partial charge in [-0.3, -0.25) is 51.1 Å². The molecule has 1 heterocycles. The van der Waals surface area contributed by atoms with Crippen molar-refractivity contribution in [3.8, 4) is 0 Å². The van der Waals surface area contributed by atoms with Crippen LogP contribution in [0, 0.1) is 0 Å². The lowest BCUT2D eigenvalue weighted by atomic mass is 10.2.